The summed E-state index contributed by atoms with van der Waals surface area (Å²) in [7, 11) is 0. The van der Waals surface area contributed by atoms with Crippen molar-refractivity contribution < 1.29 is 24.2 Å². The second kappa shape index (κ2) is 7.47. The van der Waals surface area contributed by atoms with E-state index in [1.807, 2.05) is 48.5 Å². The van der Waals surface area contributed by atoms with Crippen LogP contribution in [0.25, 0.3) is 0 Å². The molecule has 0 radical (unpaired) electrons. The molecule has 0 aromatic heterocycles. The van der Waals surface area contributed by atoms with Crippen LogP contribution in [0.5, 0.6) is 5.75 Å². The highest BCUT2D eigenvalue weighted by Gasteiger charge is 2.73. The number of ether oxygens (including phenoxy) is 1. The Balaban J connectivity index is 1.66. The molecule has 6 nitrogen and oxygen atoms in total. The summed E-state index contributed by atoms with van der Waals surface area (Å²) in [6, 6.07) is 17.4. The Morgan fingerprint density at radius 1 is 1.07 bits per heavy atom. The van der Waals surface area contributed by atoms with Crippen molar-refractivity contribution in [3.8, 4) is 5.75 Å². The molecule has 7 heteroatoms. The minimum Gasteiger partial charge on any atom is -0.486 e. The largest absolute Gasteiger partial charge is 0.486 e. The van der Waals surface area contributed by atoms with Crippen molar-refractivity contribution in [3.05, 3.63) is 66.2 Å². The maximum Gasteiger partial charge on any atom is 0.327 e. The molecule has 0 aliphatic carbocycles. The maximum atomic E-state index is 13.4. The fraction of sp³-hybridized carbons (Fsp3) is 0.348. The molecule has 2 heterocycles. The molecule has 2 fully saturated rings. The monoisotopic (exact) mass is 425 g/mol. The first-order chi connectivity index (χ1) is 14.3. The third-order valence-electron chi connectivity index (χ3n) is 5.81. The van der Waals surface area contributed by atoms with Gasteiger partial charge in [0, 0.05) is 4.75 Å². The molecule has 2 aliphatic heterocycles. The Morgan fingerprint density at radius 3 is 2.27 bits per heavy atom. The van der Waals surface area contributed by atoms with E-state index < -0.39 is 33.5 Å². The molecule has 156 valence electrons. The summed E-state index contributed by atoms with van der Waals surface area (Å²) in [5, 5.41) is 9.19. The summed E-state index contributed by atoms with van der Waals surface area (Å²) in [6.07, 6.45) is 0.222. The van der Waals surface area contributed by atoms with Crippen molar-refractivity contribution in [3.63, 3.8) is 0 Å². The quantitative estimate of drug-likeness (QED) is 0.542. The van der Waals surface area contributed by atoms with Gasteiger partial charge in [0.1, 0.15) is 29.2 Å². The van der Waals surface area contributed by atoms with Crippen molar-refractivity contribution >= 4 is 29.4 Å². The standard InChI is InChI=1S/C23H23NO5S/c1-22(2)18(19(26)27)24-20(28)23(21(24)30-22,13-15-9-5-3-6-10-15)17(25)14-29-16-11-7-4-8-12-16/h3-12,18,21H,13-14H2,1-2H3,(H,26,27)/t18-,21+,23-/m0/s1. The lowest BCUT2D eigenvalue weighted by Gasteiger charge is -2.52. The number of hydrogen-bond acceptors (Lipinski definition) is 5. The highest BCUT2D eigenvalue weighted by molar-refractivity contribution is 8.01. The molecular formula is C23H23NO5S. The number of thioether (sulfide) groups is 1. The van der Waals surface area contributed by atoms with Crippen LogP contribution in [0.4, 0.5) is 0 Å². The fourth-order valence-electron chi connectivity index (χ4n) is 4.36. The number of β-lactam (4-membered cyclic amide) rings is 1. The molecule has 0 saturated carbocycles. The minimum absolute atomic E-state index is 0.222. The number of carbonyl (C=O) groups is 3. The average Bonchev–Trinajstić information content (AvgIpc) is 3.00. The number of carbonyl (C=O) groups excluding carboxylic acids is 2. The molecule has 2 saturated heterocycles. The number of nitrogens with zero attached hydrogens (tertiary/aromatic N) is 1. The Hall–Kier alpha value is -2.80. The molecule has 1 amide bonds. The number of aliphatic carboxylic acids is 1. The van der Waals surface area contributed by atoms with E-state index in [-0.39, 0.29) is 18.8 Å². The summed E-state index contributed by atoms with van der Waals surface area (Å²) >= 11 is 1.38. The van der Waals surface area contributed by atoms with Crippen LogP contribution in [0.2, 0.25) is 0 Å². The molecule has 2 aliphatic rings. The molecule has 0 bridgehead atoms. The molecule has 0 spiro atoms. The smallest absolute Gasteiger partial charge is 0.327 e. The van der Waals surface area contributed by atoms with Crippen molar-refractivity contribution in [2.24, 2.45) is 5.41 Å². The van der Waals surface area contributed by atoms with E-state index in [4.69, 9.17) is 4.74 Å². The van der Waals surface area contributed by atoms with E-state index in [0.717, 1.165) is 5.56 Å². The van der Waals surface area contributed by atoms with Gasteiger partial charge >= 0.3 is 5.97 Å². The molecular weight excluding hydrogens is 402 g/mol. The van der Waals surface area contributed by atoms with E-state index in [2.05, 4.69) is 0 Å². The minimum atomic E-state index is -1.33. The SMILES string of the molecule is CC1(C)S[C@H]2N(C(=O)[C@]2(Cc2ccccc2)C(=O)COc2ccccc2)[C@H]1C(=O)O. The zero-order valence-corrected chi connectivity index (χ0v) is 17.6. The lowest BCUT2D eigenvalue weighted by molar-refractivity contribution is -0.178. The van der Waals surface area contributed by atoms with Crippen LogP contribution in [-0.2, 0) is 20.8 Å². The number of rotatable bonds is 7. The molecule has 1 N–H and O–H groups in total. The van der Waals surface area contributed by atoms with E-state index in [1.54, 1.807) is 26.0 Å². The van der Waals surface area contributed by atoms with Crippen LogP contribution < -0.4 is 4.74 Å². The number of amides is 1. The van der Waals surface area contributed by atoms with E-state index in [0.29, 0.717) is 5.75 Å². The van der Waals surface area contributed by atoms with Gasteiger partial charge in [-0.3, -0.25) is 9.59 Å². The Kier molecular flexibility index (Phi) is 5.10. The first-order valence-corrected chi connectivity index (χ1v) is 10.6. The zero-order valence-electron chi connectivity index (χ0n) is 16.8. The highest BCUT2D eigenvalue weighted by Crippen LogP contribution is 2.60. The van der Waals surface area contributed by atoms with Crippen molar-refractivity contribution in [2.75, 3.05) is 6.61 Å². The predicted molar refractivity (Wildman–Crippen MR) is 113 cm³/mol. The molecule has 2 aromatic rings. The fourth-order valence-corrected chi connectivity index (χ4v) is 6.12. The van der Waals surface area contributed by atoms with Gasteiger partial charge in [0.15, 0.2) is 5.78 Å². The van der Waals surface area contributed by atoms with Crippen LogP contribution in [0, 0.1) is 5.41 Å². The van der Waals surface area contributed by atoms with Gasteiger partial charge in [0.2, 0.25) is 5.91 Å². The number of carboxylic acids is 1. The van der Waals surface area contributed by atoms with Gasteiger partial charge in [-0.2, -0.15) is 0 Å². The second-order valence-electron chi connectivity index (χ2n) is 8.19. The topological polar surface area (TPSA) is 83.9 Å². The summed E-state index contributed by atoms with van der Waals surface area (Å²) in [4.78, 5) is 40.1. The summed E-state index contributed by atoms with van der Waals surface area (Å²) in [6.45, 7) is 3.37. The molecule has 2 aromatic carbocycles. The van der Waals surface area contributed by atoms with E-state index >= 15 is 0 Å². The van der Waals surface area contributed by atoms with Gasteiger partial charge in [0.05, 0.1) is 0 Å². The first kappa shape index (κ1) is 20.5. The van der Waals surface area contributed by atoms with E-state index in [9.17, 15) is 19.5 Å². The molecule has 30 heavy (non-hydrogen) atoms. The van der Waals surface area contributed by atoms with Crippen LogP contribution in [-0.4, -0.2) is 50.4 Å². The molecule has 4 rings (SSSR count). The normalized spacial score (nSPS) is 26.6. The molecule has 0 unspecified atom stereocenters. The lowest BCUT2D eigenvalue weighted by Crippen LogP contribution is -2.73. The lowest BCUT2D eigenvalue weighted by atomic mass is 9.69. The van der Waals surface area contributed by atoms with Crippen molar-refractivity contribution in [1.82, 2.24) is 4.90 Å². The number of carboxylic acid groups (broad SMARTS) is 1. The maximum absolute atomic E-state index is 13.4. The number of Topliss-reactive ketones (excluding diaryl/α,β-unsaturated/α-hetero) is 1. The van der Waals surface area contributed by atoms with Gasteiger partial charge < -0.3 is 14.7 Å². The summed E-state index contributed by atoms with van der Waals surface area (Å²) in [5.41, 5.74) is -0.474. The van der Waals surface area contributed by atoms with Crippen LogP contribution in [0.3, 0.4) is 0 Å². The van der Waals surface area contributed by atoms with Crippen molar-refractivity contribution in [1.29, 1.82) is 0 Å². The van der Waals surface area contributed by atoms with Gasteiger partial charge in [-0.25, -0.2) is 4.79 Å². The number of ketones is 1. The Morgan fingerprint density at radius 2 is 1.67 bits per heavy atom. The van der Waals surface area contributed by atoms with E-state index in [1.165, 1.54) is 16.7 Å². The average molecular weight is 426 g/mol. The highest BCUT2D eigenvalue weighted by atomic mass is 32.2. The van der Waals surface area contributed by atoms with Crippen LogP contribution in [0.15, 0.2) is 60.7 Å². The third-order valence-corrected chi connectivity index (χ3v) is 7.50. The summed E-state index contributed by atoms with van der Waals surface area (Å²) in [5.74, 6) is -1.25. The predicted octanol–water partition coefficient (Wildman–Crippen LogP) is 3.01. The number of hydrogen-bond donors (Lipinski definition) is 1. The first-order valence-electron chi connectivity index (χ1n) is 9.76. The number of benzene rings is 2. The van der Waals surface area contributed by atoms with Crippen molar-refractivity contribution in [2.45, 2.75) is 36.4 Å². The van der Waals surface area contributed by atoms with Crippen LogP contribution in [0.1, 0.15) is 19.4 Å². The van der Waals surface area contributed by atoms with Crippen LogP contribution >= 0.6 is 11.8 Å². The van der Waals surface area contributed by atoms with Gasteiger partial charge in [-0.1, -0.05) is 48.5 Å². The summed E-state index contributed by atoms with van der Waals surface area (Å²) < 4.78 is 4.96. The third kappa shape index (κ3) is 3.17. The second-order valence-corrected chi connectivity index (χ2v) is 9.92. The zero-order chi connectivity index (χ0) is 21.5. The van der Waals surface area contributed by atoms with Gasteiger partial charge in [-0.05, 0) is 38.0 Å². The number of para-hydroxylation sites is 1. The molecule has 3 atom stereocenters. The van der Waals surface area contributed by atoms with Gasteiger partial charge in [0.25, 0.3) is 0 Å². The Labute approximate surface area is 179 Å². The van der Waals surface area contributed by atoms with Gasteiger partial charge in [-0.15, -0.1) is 11.8 Å². The number of fused-ring (bicyclic) bond motifs is 1. The Bertz CT molecular complexity index is 978.